The Bertz CT molecular complexity index is 605. The number of para-hydroxylation sites is 1. The van der Waals surface area contributed by atoms with Gasteiger partial charge in [0, 0.05) is 4.47 Å². The average molecular weight is 304 g/mol. The molecule has 18 heavy (non-hydrogen) atoms. The van der Waals surface area contributed by atoms with Gasteiger partial charge in [0.05, 0.1) is 12.2 Å². The number of ether oxygens (including phenoxy) is 1. The molecule has 0 aliphatic heterocycles. The molecule has 0 bridgehead atoms. The maximum Gasteiger partial charge on any atom is 0.145 e. The molecular weight excluding hydrogens is 294 g/mol. The van der Waals surface area contributed by atoms with Crippen LogP contribution in [0.5, 0.6) is 11.5 Å². The molecule has 0 heterocycles. The molecule has 0 amide bonds. The monoisotopic (exact) mass is 303 g/mol. The number of hydrogen-bond donors (Lipinski definition) is 1. The standard InChI is InChI=1S/C14H10BrNO2/c15-13-6-5-12(7-11(13)9-17)18-14-4-2-1-3-10(14)8-16/h1-7,17H,9H2. The lowest BCUT2D eigenvalue weighted by Crippen LogP contribution is -1.91. The van der Waals surface area contributed by atoms with Crippen LogP contribution in [0.3, 0.4) is 0 Å². The first kappa shape index (κ1) is 12.6. The normalized spacial score (nSPS) is 9.83. The van der Waals surface area contributed by atoms with Gasteiger partial charge in [0.2, 0.25) is 0 Å². The van der Waals surface area contributed by atoms with Crippen LogP contribution in [0.25, 0.3) is 0 Å². The van der Waals surface area contributed by atoms with Crippen LogP contribution < -0.4 is 4.74 Å². The van der Waals surface area contributed by atoms with Gasteiger partial charge in [0.1, 0.15) is 17.6 Å². The van der Waals surface area contributed by atoms with Gasteiger partial charge in [0.25, 0.3) is 0 Å². The fourth-order valence-electron chi connectivity index (χ4n) is 1.51. The molecule has 0 aliphatic carbocycles. The summed E-state index contributed by atoms with van der Waals surface area (Å²) in [6.07, 6.45) is 0. The Kier molecular flexibility index (Phi) is 3.98. The highest BCUT2D eigenvalue weighted by atomic mass is 79.9. The molecule has 1 N–H and O–H groups in total. The van der Waals surface area contributed by atoms with Crippen LogP contribution in [0.2, 0.25) is 0 Å². The third-order valence-corrected chi connectivity index (χ3v) is 3.20. The highest BCUT2D eigenvalue weighted by Crippen LogP contribution is 2.28. The van der Waals surface area contributed by atoms with E-state index in [1.54, 1.807) is 36.4 Å². The molecule has 0 radical (unpaired) electrons. The maximum absolute atomic E-state index is 9.17. The van der Waals surface area contributed by atoms with Crippen molar-refractivity contribution in [3.8, 4) is 17.6 Å². The van der Waals surface area contributed by atoms with Gasteiger partial charge in [-0.1, -0.05) is 28.1 Å². The summed E-state index contributed by atoms with van der Waals surface area (Å²) in [4.78, 5) is 0. The molecule has 0 saturated heterocycles. The summed E-state index contributed by atoms with van der Waals surface area (Å²) >= 11 is 3.34. The highest BCUT2D eigenvalue weighted by Gasteiger charge is 2.05. The van der Waals surface area contributed by atoms with Crippen LogP contribution in [0.15, 0.2) is 46.9 Å². The van der Waals surface area contributed by atoms with Crippen molar-refractivity contribution >= 4 is 15.9 Å². The van der Waals surface area contributed by atoms with Crippen molar-refractivity contribution in [1.82, 2.24) is 0 Å². The number of halogens is 1. The van der Waals surface area contributed by atoms with Crippen molar-refractivity contribution in [2.45, 2.75) is 6.61 Å². The number of aliphatic hydroxyl groups excluding tert-OH is 1. The van der Waals surface area contributed by atoms with E-state index in [9.17, 15) is 5.11 Å². The molecule has 90 valence electrons. The number of rotatable bonds is 3. The van der Waals surface area contributed by atoms with Crippen molar-refractivity contribution in [1.29, 1.82) is 5.26 Å². The first-order valence-corrected chi connectivity index (χ1v) is 6.10. The molecule has 4 heteroatoms. The van der Waals surface area contributed by atoms with E-state index in [1.807, 2.05) is 6.07 Å². The van der Waals surface area contributed by atoms with Crippen molar-refractivity contribution in [3.05, 3.63) is 58.1 Å². The molecule has 3 nitrogen and oxygen atoms in total. The maximum atomic E-state index is 9.17. The molecule has 0 aliphatic rings. The van der Waals surface area contributed by atoms with Crippen molar-refractivity contribution in [2.75, 3.05) is 0 Å². The van der Waals surface area contributed by atoms with Crippen LogP contribution in [-0.4, -0.2) is 5.11 Å². The zero-order chi connectivity index (χ0) is 13.0. The van der Waals surface area contributed by atoms with E-state index in [2.05, 4.69) is 22.0 Å². The van der Waals surface area contributed by atoms with Crippen molar-refractivity contribution < 1.29 is 9.84 Å². The number of benzene rings is 2. The number of nitriles is 1. The van der Waals surface area contributed by atoms with Gasteiger partial charge in [0.15, 0.2) is 0 Å². The fraction of sp³-hybridized carbons (Fsp3) is 0.0714. The predicted molar refractivity (Wildman–Crippen MR) is 71.3 cm³/mol. The quantitative estimate of drug-likeness (QED) is 0.942. The molecule has 0 spiro atoms. The zero-order valence-electron chi connectivity index (χ0n) is 9.43. The lowest BCUT2D eigenvalue weighted by atomic mass is 10.2. The molecule has 0 atom stereocenters. The highest BCUT2D eigenvalue weighted by molar-refractivity contribution is 9.10. The summed E-state index contributed by atoms with van der Waals surface area (Å²) in [6.45, 7) is -0.0717. The molecular formula is C14H10BrNO2. The summed E-state index contributed by atoms with van der Waals surface area (Å²) in [5.74, 6) is 1.09. The lowest BCUT2D eigenvalue weighted by Gasteiger charge is -2.09. The van der Waals surface area contributed by atoms with Crippen molar-refractivity contribution in [2.24, 2.45) is 0 Å². The second-order valence-corrected chi connectivity index (χ2v) is 4.48. The summed E-state index contributed by atoms with van der Waals surface area (Å²) in [5.41, 5.74) is 1.22. The van der Waals surface area contributed by atoms with E-state index < -0.39 is 0 Å². The van der Waals surface area contributed by atoms with E-state index in [-0.39, 0.29) is 6.61 Å². The van der Waals surface area contributed by atoms with Gasteiger partial charge in [-0.3, -0.25) is 0 Å². The Labute approximate surface area is 113 Å². The summed E-state index contributed by atoms with van der Waals surface area (Å²) in [6, 6.07) is 14.4. The second-order valence-electron chi connectivity index (χ2n) is 3.62. The van der Waals surface area contributed by atoms with Gasteiger partial charge in [-0.2, -0.15) is 5.26 Å². The molecule has 2 aromatic carbocycles. The largest absolute Gasteiger partial charge is 0.456 e. The average Bonchev–Trinajstić information content (AvgIpc) is 2.41. The van der Waals surface area contributed by atoms with Crippen LogP contribution in [0, 0.1) is 11.3 Å². The first-order valence-electron chi connectivity index (χ1n) is 5.31. The van der Waals surface area contributed by atoms with E-state index in [0.29, 0.717) is 17.1 Å². The van der Waals surface area contributed by atoms with Gasteiger partial charge >= 0.3 is 0 Å². The smallest absolute Gasteiger partial charge is 0.145 e. The zero-order valence-corrected chi connectivity index (χ0v) is 11.0. The van der Waals surface area contributed by atoms with Crippen LogP contribution in [0.4, 0.5) is 0 Å². The lowest BCUT2D eigenvalue weighted by molar-refractivity contribution is 0.280. The molecule has 0 aromatic heterocycles. The van der Waals surface area contributed by atoms with E-state index in [4.69, 9.17) is 10.00 Å². The topological polar surface area (TPSA) is 53.2 Å². The Morgan fingerprint density at radius 1 is 1.22 bits per heavy atom. The Hall–Kier alpha value is -1.83. The Morgan fingerprint density at radius 3 is 2.72 bits per heavy atom. The Morgan fingerprint density at radius 2 is 2.00 bits per heavy atom. The third-order valence-electron chi connectivity index (χ3n) is 2.42. The van der Waals surface area contributed by atoms with Gasteiger partial charge < -0.3 is 9.84 Å². The van der Waals surface area contributed by atoms with Gasteiger partial charge in [-0.05, 0) is 35.9 Å². The van der Waals surface area contributed by atoms with Crippen molar-refractivity contribution in [3.63, 3.8) is 0 Å². The van der Waals surface area contributed by atoms with E-state index in [0.717, 1.165) is 10.0 Å². The minimum Gasteiger partial charge on any atom is -0.456 e. The SMILES string of the molecule is N#Cc1ccccc1Oc1ccc(Br)c(CO)c1. The minimum atomic E-state index is -0.0717. The molecule has 2 aromatic rings. The van der Waals surface area contributed by atoms with E-state index in [1.165, 1.54) is 0 Å². The molecule has 0 saturated carbocycles. The van der Waals surface area contributed by atoms with Gasteiger partial charge in [-0.25, -0.2) is 0 Å². The number of nitrogens with zero attached hydrogens (tertiary/aromatic N) is 1. The number of hydrogen-bond acceptors (Lipinski definition) is 3. The molecule has 0 unspecified atom stereocenters. The van der Waals surface area contributed by atoms with Crippen LogP contribution in [0.1, 0.15) is 11.1 Å². The summed E-state index contributed by atoms with van der Waals surface area (Å²) in [7, 11) is 0. The van der Waals surface area contributed by atoms with Crippen LogP contribution in [-0.2, 0) is 6.61 Å². The minimum absolute atomic E-state index is 0.0717. The van der Waals surface area contributed by atoms with Crippen LogP contribution >= 0.6 is 15.9 Å². The fourth-order valence-corrected chi connectivity index (χ4v) is 1.88. The molecule has 2 rings (SSSR count). The Balaban J connectivity index is 2.32. The summed E-state index contributed by atoms with van der Waals surface area (Å²) < 4.78 is 6.47. The second kappa shape index (κ2) is 5.67. The third kappa shape index (κ3) is 2.70. The number of aliphatic hydroxyl groups is 1. The van der Waals surface area contributed by atoms with E-state index >= 15 is 0 Å². The molecule has 0 fully saturated rings. The predicted octanol–water partition coefficient (Wildman–Crippen LogP) is 3.61. The first-order chi connectivity index (χ1) is 8.74. The van der Waals surface area contributed by atoms with Gasteiger partial charge in [-0.15, -0.1) is 0 Å². The summed E-state index contributed by atoms with van der Waals surface area (Å²) in [5, 5.41) is 18.1.